The van der Waals surface area contributed by atoms with Crippen LogP contribution in [-0.4, -0.2) is 24.9 Å². The van der Waals surface area contributed by atoms with E-state index < -0.39 is 25.0 Å². The molecule has 0 fully saturated rings. The molecule has 12 rings (SSSR count). The predicted molar refractivity (Wildman–Crippen MR) is 283 cm³/mol. The number of fused-ring (bicyclic) bond motifs is 6. The minimum Gasteiger partial charge on any atom is -0.453 e. The topological polar surface area (TPSA) is 125 Å². The molecule has 0 aliphatic heterocycles. The van der Waals surface area contributed by atoms with Crippen LogP contribution in [0.4, 0.5) is 0 Å². The maximum absolute atomic E-state index is 13.4. The SMILES string of the molecule is [2H]C([2H])([2H])c1c[c-]c2c(n1)oc(=O)c1cc(CCc3cc(CCc4cnc5c(c4)c(=O)oc4nc(C([2H])([2H])[2H])c[c-]c45)cc(-c4ccccc4-c4cnc(-c5[c-]cccc5)cc4-c4ccc(-c5ccccc5)cc4)c3)cnc12.[Ir+3]. The number of aryl methyl sites for hydroxylation is 6. The third-order valence-corrected chi connectivity index (χ3v) is 12.9. The van der Waals surface area contributed by atoms with E-state index in [0.29, 0.717) is 47.5 Å². The van der Waals surface area contributed by atoms with Gasteiger partial charge in [0.05, 0.1) is 0 Å². The van der Waals surface area contributed by atoms with E-state index >= 15 is 0 Å². The molecule has 5 aromatic carbocycles. The Morgan fingerprint density at radius 2 is 1.03 bits per heavy atom. The third-order valence-electron chi connectivity index (χ3n) is 12.9. The van der Waals surface area contributed by atoms with Crippen molar-refractivity contribution in [1.82, 2.24) is 24.9 Å². The first kappa shape index (κ1) is 40.1. The average molecular weight is 1130 g/mol. The summed E-state index contributed by atoms with van der Waals surface area (Å²) in [6.45, 7) is -5.01. The van der Waals surface area contributed by atoms with Crippen molar-refractivity contribution in [2.24, 2.45) is 0 Å². The Morgan fingerprint density at radius 3 is 1.62 bits per heavy atom. The van der Waals surface area contributed by atoms with E-state index in [9.17, 15) is 9.59 Å². The van der Waals surface area contributed by atoms with Crippen molar-refractivity contribution in [3.63, 3.8) is 0 Å². The van der Waals surface area contributed by atoms with E-state index in [1.807, 2.05) is 60.8 Å². The van der Waals surface area contributed by atoms with Crippen LogP contribution in [0.15, 0.2) is 189 Å². The summed E-state index contributed by atoms with van der Waals surface area (Å²) in [6.07, 6.45) is 7.50. The second-order valence-corrected chi connectivity index (χ2v) is 17.6. The molecule has 0 saturated heterocycles. The fraction of sp³-hybridized carbons (Fsp3) is 0.0952. The van der Waals surface area contributed by atoms with Gasteiger partial charge in [-0.25, -0.2) is 9.59 Å². The van der Waals surface area contributed by atoms with Crippen LogP contribution in [-0.2, 0) is 45.8 Å². The minimum absolute atomic E-state index is 0. The van der Waals surface area contributed by atoms with Crippen molar-refractivity contribution in [3.05, 3.63) is 243 Å². The molecule has 0 N–H and O–H groups in total. The standard InChI is InChI=1S/C63H42N5O4.Ir/c1-38-17-27-51-58-54(62(69)71-60(51)67-38)32-42(35-65-58)21-19-40-29-41(20-22-43-33-55-59(66-36-43)52-28-18-39(2)68-61(52)72-63(55)70)31-48(30-40)49-15-9-10-16-50(49)56-37-64-57(47-13-7-4-8-14-47)34-53(56)46-25-23-45(24-26-46)44-11-5-3-6-12-44;/h3-13,15-18,23-26,29-37H,19-22H2,1-2H3;/q-3;+3/i1D3,2D3;. The van der Waals surface area contributed by atoms with Crippen molar-refractivity contribution in [1.29, 1.82) is 0 Å². The minimum atomic E-state index is -2.51. The van der Waals surface area contributed by atoms with Gasteiger partial charge in [-0.05, 0) is 104 Å². The van der Waals surface area contributed by atoms with Crippen LogP contribution in [0.2, 0.25) is 0 Å². The van der Waals surface area contributed by atoms with E-state index in [2.05, 4.69) is 111 Å². The van der Waals surface area contributed by atoms with E-state index in [-0.39, 0.29) is 53.7 Å². The molecule has 73 heavy (non-hydrogen) atoms. The number of nitrogens with zero attached hydrogens (tertiary/aromatic N) is 5. The Balaban J connectivity index is 0.00000660. The molecule has 0 spiro atoms. The van der Waals surface area contributed by atoms with Gasteiger partial charge in [-0.15, -0.1) is 60.2 Å². The Labute approximate surface area is 442 Å². The summed E-state index contributed by atoms with van der Waals surface area (Å²) in [6, 6.07) is 58.9. The van der Waals surface area contributed by atoms with Gasteiger partial charge in [0, 0.05) is 54.2 Å². The van der Waals surface area contributed by atoms with Gasteiger partial charge in [-0.1, -0.05) is 140 Å². The Kier molecular flexibility index (Phi) is 10.9. The number of pyridine rings is 5. The molecule has 7 aromatic heterocycles. The molecule has 10 heteroatoms. The molecule has 0 unspecified atom stereocenters. The van der Waals surface area contributed by atoms with E-state index in [0.717, 1.165) is 78.0 Å². The third kappa shape index (κ3) is 9.42. The van der Waals surface area contributed by atoms with Gasteiger partial charge in [0.2, 0.25) is 0 Å². The molecular weight excluding hydrogens is 1080 g/mol. The zero-order chi connectivity index (χ0) is 53.7. The van der Waals surface area contributed by atoms with E-state index in [1.165, 1.54) is 12.1 Å². The van der Waals surface area contributed by atoms with Gasteiger partial charge in [0.15, 0.2) is 0 Å². The first-order valence-electron chi connectivity index (χ1n) is 26.4. The molecule has 0 atom stereocenters. The second kappa shape index (κ2) is 19.9. The van der Waals surface area contributed by atoms with Crippen molar-refractivity contribution in [3.8, 4) is 55.8 Å². The molecule has 0 radical (unpaired) electrons. The molecule has 0 amide bonds. The molecule has 0 aliphatic carbocycles. The van der Waals surface area contributed by atoms with Gasteiger partial charge in [-0.3, -0.25) is 0 Å². The Bertz CT molecular complexity index is 4250. The second-order valence-electron chi connectivity index (χ2n) is 17.6. The summed E-state index contributed by atoms with van der Waals surface area (Å²) in [5.74, 6) is 0. The van der Waals surface area contributed by atoms with Crippen LogP contribution in [0.1, 0.15) is 41.9 Å². The van der Waals surface area contributed by atoms with E-state index in [4.69, 9.17) is 22.0 Å². The number of aromatic nitrogens is 5. The zero-order valence-corrected chi connectivity index (χ0v) is 41.1. The maximum Gasteiger partial charge on any atom is 3.00 e. The van der Waals surface area contributed by atoms with E-state index in [1.54, 1.807) is 24.5 Å². The monoisotopic (exact) mass is 1130 g/mol. The quantitative estimate of drug-likeness (QED) is 0.0919. The van der Waals surface area contributed by atoms with Crippen LogP contribution in [0.25, 0.3) is 99.8 Å². The normalized spacial score (nSPS) is 12.9. The van der Waals surface area contributed by atoms with Crippen LogP contribution in [0, 0.1) is 31.9 Å². The molecule has 0 aliphatic rings. The number of hydrogen-bond donors (Lipinski definition) is 0. The van der Waals surface area contributed by atoms with Crippen molar-refractivity contribution < 1.29 is 37.2 Å². The molecule has 9 nitrogen and oxygen atoms in total. The van der Waals surface area contributed by atoms with Crippen LogP contribution >= 0.6 is 0 Å². The molecule has 0 saturated carbocycles. The Hall–Kier alpha value is -8.56. The van der Waals surface area contributed by atoms with Crippen LogP contribution in [0.3, 0.4) is 0 Å². The number of benzene rings is 5. The summed E-state index contributed by atoms with van der Waals surface area (Å²) in [5.41, 5.74) is 11.9. The van der Waals surface area contributed by atoms with Crippen molar-refractivity contribution in [2.45, 2.75) is 39.4 Å². The summed E-state index contributed by atoms with van der Waals surface area (Å²) >= 11 is 0. The Morgan fingerprint density at radius 1 is 0.479 bits per heavy atom. The van der Waals surface area contributed by atoms with Gasteiger partial charge < -0.3 is 33.8 Å². The molecular formula is C63H42IrN5O4. The molecule has 7 heterocycles. The average Bonchev–Trinajstić information content (AvgIpc) is 3.48. The number of rotatable bonds is 11. The fourth-order valence-electron chi connectivity index (χ4n) is 9.41. The molecule has 12 aromatic rings. The summed E-state index contributed by atoms with van der Waals surface area (Å²) in [7, 11) is 0. The predicted octanol–water partition coefficient (Wildman–Crippen LogP) is 13.1. The number of hydrogen-bond acceptors (Lipinski definition) is 9. The van der Waals surface area contributed by atoms with Gasteiger partial charge >= 0.3 is 31.4 Å². The summed E-state index contributed by atoms with van der Waals surface area (Å²) in [4.78, 5) is 49.3. The summed E-state index contributed by atoms with van der Waals surface area (Å²) < 4.78 is 57.6. The molecule has 352 valence electrons. The molecule has 0 bridgehead atoms. The summed E-state index contributed by atoms with van der Waals surface area (Å²) in [5, 5.41) is 1.09. The van der Waals surface area contributed by atoms with Crippen molar-refractivity contribution >= 4 is 44.0 Å². The van der Waals surface area contributed by atoms with Gasteiger partial charge in [-0.2, -0.15) is 0 Å². The van der Waals surface area contributed by atoms with Crippen LogP contribution in [0.5, 0.6) is 0 Å². The maximum atomic E-state index is 13.4. The van der Waals surface area contributed by atoms with Crippen LogP contribution < -0.4 is 11.3 Å². The first-order chi connectivity index (χ1) is 37.7. The fourth-order valence-corrected chi connectivity index (χ4v) is 9.41. The first-order valence-corrected chi connectivity index (χ1v) is 23.4. The van der Waals surface area contributed by atoms with Crippen molar-refractivity contribution in [2.75, 3.05) is 0 Å². The smallest absolute Gasteiger partial charge is 0.453 e. The largest absolute Gasteiger partial charge is 3.00 e. The zero-order valence-electron chi connectivity index (χ0n) is 44.7. The van der Waals surface area contributed by atoms with Gasteiger partial charge in [0.25, 0.3) is 0 Å². The van der Waals surface area contributed by atoms with Gasteiger partial charge in [0.1, 0.15) is 11.4 Å².